The van der Waals surface area contributed by atoms with Crippen molar-refractivity contribution in [3.63, 3.8) is 0 Å². The van der Waals surface area contributed by atoms with E-state index in [1.165, 1.54) is 6.92 Å². The molecule has 0 saturated carbocycles. The van der Waals surface area contributed by atoms with Crippen LogP contribution in [0, 0.1) is 0 Å². The first-order valence-electron chi connectivity index (χ1n) is 8.79. The third kappa shape index (κ3) is 5.78. The number of amides is 2. The molecule has 0 aliphatic carbocycles. The maximum absolute atomic E-state index is 12.6. The van der Waals surface area contributed by atoms with Gasteiger partial charge in [-0.3, -0.25) is 24.2 Å². The predicted octanol–water partition coefficient (Wildman–Crippen LogP) is -0.536. The lowest BCUT2D eigenvalue weighted by Gasteiger charge is -2.37. The number of carbonyl (C=O) groups is 6. The molecule has 0 bridgehead atoms. The Hall–Kier alpha value is -3.44. The van der Waals surface area contributed by atoms with E-state index in [9.17, 15) is 28.8 Å². The number of carbonyl (C=O) groups excluding carboxylic acids is 6. The Morgan fingerprint density at radius 3 is 2.00 bits per heavy atom. The van der Waals surface area contributed by atoms with Crippen molar-refractivity contribution in [2.45, 2.75) is 52.4 Å². The van der Waals surface area contributed by atoms with Gasteiger partial charge in [-0.15, -0.1) is 0 Å². The number of imide groups is 1. The third-order valence-corrected chi connectivity index (χ3v) is 4.04. The summed E-state index contributed by atoms with van der Waals surface area (Å²) in [7, 11) is 2.09. The Kier molecular flexibility index (Phi) is 8.50. The summed E-state index contributed by atoms with van der Waals surface area (Å²) in [5.41, 5.74) is -0.512. The highest BCUT2D eigenvalue weighted by Crippen LogP contribution is 2.31. The highest BCUT2D eigenvalue weighted by Gasteiger charge is 2.50. The molecule has 12 nitrogen and oxygen atoms in total. The fourth-order valence-corrected chi connectivity index (χ4v) is 2.99. The van der Waals surface area contributed by atoms with E-state index in [4.69, 9.17) is 9.47 Å². The van der Waals surface area contributed by atoms with Gasteiger partial charge in [0.05, 0.1) is 26.7 Å². The molecule has 3 atom stereocenters. The molecular formula is C18H24N2O10. The van der Waals surface area contributed by atoms with Gasteiger partial charge in [-0.05, 0) is 6.92 Å². The standard InChI is InChI=1S/C18H24N2O10/c1-9(29-11(3)22)17(30-12(4)23)13-7-15(24)19(10(2)21)20(13)14(18(26)28-6)8-16(25)27-5/h8-9,13,17H,7H2,1-6H3/b14-8-/t9-,13+,17-/m0/s1. The summed E-state index contributed by atoms with van der Waals surface area (Å²) in [6, 6.07) is -1.17. The van der Waals surface area contributed by atoms with Crippen molar-refractivity contribution in [3.05, 3.63) is 11.8 Å². The minimum atomic E-state index is -1.27. The molecule has 0 aromatic heterocycles. The van der Waals surface area contributed by atoms with Crippen LogP contribution in [0.15, 0.2) is 11.8 Å². The van der Waals surface area contributed by atoms with Gasteiger partial charge in [-0.1, -0.05) is 0 Å². The molecule has 0 unspecified atom stereocenters. The summed E-state index contributed by atoms with van der Waals surface area (Å²) in [4.78, 5) is 72.0. The van der Waals surface area contributed by atoms with Gasteiger partial charge in [0.1, 0.15) is 12.1 Å². The maximum atomic E-state index is 12.6. The fraction of sp³-hybridized carbons (Fsp3) is 0.556. The summed E-state index contributed by atoms with van der Waals surface area (Å²) in [5.74, 6) is -4.98. The number of ether oxygens (including phenoxy) is 4. The average Bonchev–Trinajstić information content (AvgIpc) is 2.99. The maximum Gasteiger partial charge on any atom is 0.356 e. The fourth-order valence-electron chi connectivity index (χ4n) is 2.99. The van der Waals surface area contributed by atoms with Gasteiger partial charge in [-0.25, -0.2) is 9.59 Å². The second kappa shape index (κ2) is 10.4. The van der Waals surface area contributed by atoms with Crippen LogP contribution in [-0.4, -0.2) is 78.2 Å². The largest absolute Gasteiger partial charge is 0.466 e. The molecule has 166 valence electrons. The number of hydrogen-bond acceptors (Lipinski definition) is 11. The highest BCUT2D eigenvalue weighted by molar-refractivity contribution is 6.00. The number of esters is 4. The zero-order valence-corrected chi connectivity index (χ0v) is 17.5. The Balaban J connectivity index is 3.62. The number of hydrazine groups is 1. The SMILES string of the molecule is COC(=O)/C=C(/C(=O)OC)N1[C@@H]([C@@H](OC(C)=O)[C@H](C)OC(C)=O)CC(=O)N1C(C)=O. The van der Waals surface area contributed by atoms with Crippen LogP contribution in [0.4, 0.5) is 0 Å². The zero-order valence-electron chi connectivity index (χ0n) is 17.5. The van der Waals surface area contributed by atoms with Crippen LogP contribution in [0.3, 0.4) is 0 Å². The first-order chi connectivity index (χ1) is 13.9. The molecule has 0 radical (unpaired) electrons. The van der Waals surface area contributed by atoms with Crippen molar-refractivity contribution >= 4 is 35.7 Å². The lowest BCUT2D eigenvalue weighted by molar-refractivity contribution is -0.174. The van der Waals surface area contributed by atoms with Gasteiger partial charge >= 0.3 is 23.9 Å². The van der Waals surface area contributed by atoms with Gasteiger partial charge in [0.25, 0.3) is 5.91 Å². The van der Waals surface area contributed by atoms with Crippen LogP contribution in [-0.2, 0) is 47.7 Å². The van der Waals surface area contributed by atoms with E-state index in [0.717, 1.165) is 46.1 Å². The highest BCUT2D eigenvalue weighted by atomic mass is 16.6. The quantitative estimate of drug-likeness (QED) is 0.293. The third-order valence-electron chi connectivity index (χ3n) is 4.04. The number of nitrogens with zero attached hydrogens (tertiary/aromatic N) is 2. The molecule has 30 heavy (non-hydrogen) atoms. The number of hydrogen-bond donors (Lipinski definition) is 0. The van der Waals surface area contributed by atoms with Gasteiger partial charge < -0.3 is 18.9 Å². The van der Waals surface area contributed by atoms with Gasteiger partial charge in [0, 0.05) is 20.8 Å². The second-order valence-electron chi connectivity index (χ2n) is 6.27. The molecule has 0 spiro atoms. The lowest BCUT2D eigenvalue weighted by Crippen LogP contribution is -2.53. The predicted molar refractivity (Wildman–Crippen MR) is 96.7 cm³/mol. The normalized spacial score (nSPS) is 18.4. The van der Waals surface area contributed by atoms with Crippen LogP contribution < -0.4 is 0 Å². The van der Waals surface area contributed by atoms with Crippen molar-refractivity contribution in [2.24, 2.45) is 0 Å². The van der Waals surface area contributed by atoms with E-state index in [2.05, 4.69) is 9.47 Å². The first-order valence-corrected chi connectivity index (χ1v) is 8.79. The molecule has 1 fully saturated rings. The topological polar surface area (TPSA) is 146 Å². The molecule has 1 aliphatic heterocycles. The van der Waals surface area contributed by atoms with E-state index in [1.54, 1.807) is 0 Å². The summed E-state index contributed by atoms with van der Waals surface area (Å²) >= 11 is 0. The molecule has 0 aromatic rings. The Morgan fingerprint density at radius 2 is 1.57 bits per heavy atom. The molecule has 1 aliphatic rings. The minimum Gasteiger partial charge on any atom is -0.466 e. The molecule has 1 rings (SSSR count). The second-order valence-corrected chi connectivity index (χ2v) is 6.27. The van der Waals surface area contributed by atoms with E-state index >= 15 is 0 Å². The lowest BCUT2D eigenvalue weighted by atomic mass is 10.0. The molecule has 2 amide bonds. The molecule has 1 saturated heterocycles. The summed E-state index contributed by atoms with van der Waals surface area (Å²) < 4.78 is 19.5. The van der Waals surface area contributed by atoms with E-state index < -0.39 is 66.1 Å². The molecule has 0 N–H and O–H groups in total. The van der Waals surface area contributed by atoms with Crippen LogP contribution in [0.2, 0.25) is 0 Å². The van der Waals surface area contributed by atoms with Crippen molar-refractivity contribution in [3.8, 4) is 0 Å². The van der Waals surface area contributed by atoms with Crippen LogP contribution >= 0.6 is 0 Å². The number of methoxy groups -OCH3 is 2. The average molecular weight is 428 g/mol. The monoisotopic (exact) mass is 428 g/mol. The van der Waals surface area contributed by atoms with Gasteiger partial charge in [-0.2, -0.15) is 5.01 Å². The number of rotatable bonds is 7. The van der Waals surface area contributed by atoms with Crippen molar-refractivity contribution < 1.29 is 47.7 Å². The van der Waals surface area contributed by atoms with Crippen LogP contribution in [0.1, 0.15) is 34.1 Å². The Morgan fingerprint density at radius 1 is 1.00 bits per heavy atom. The van der Waals surface area contributed by atoms with Gasteiger partial charge in [0.15, 0.2) is 11.8 Å². The van der Waals surface area contributed by atoms with Crippen molar-refractivity contribution in [1.82, 2.24) is 10.0 Å². The smallest absolute Gasteiger partial charge is 0.356 e. The van der Waals surface area contributed by atoms with E-state index in [0.29, 0.717) is 5.01 Å². The Bertz CT molecular complexity index is 775. The minimum absolute atomic E-state index is 0.390. The first kappa shape index (κ1) is 24.6. The summed E-state index contributed by atoms with van der Waals surface area (Å²) in [6.07, 6.45) is -1.99. The Labute approximate surface area is 172 Å². The summed E-state index contributed by atoms with van der Waals surface area (Å²) in [6.45, 7) is 4.72. The van der Waals surface area contributed by atoms with Crippen molar-refractivity contribution in [2.75, 3.05) is 14.2 Å². The van der Waals surface area contributed by atoms with Crippen LogP contribution in [0.25, 0.3) is 0 Å². The molecule has 0 aromatic carbocycles. The van der Waals surface area contributed by atoms with E-state index in [-0.39, 0.29) is 0 Å². The molecule has 12 heteroatoms. The zero-order chi connectivity index (χ0) is 23.2. The van der Waals surface area contributed by atoms with Gasteiger partial charge in [0.2, 0.25) is 5.91 Å². The van der Waals surface area contributed by atoms with Crippen molar-refractivity contribution in [1.29, 1.82) is 0 Å². The van der Waals surface area contributed by atoms with Crippen LogP contribution in [0.5, 0.6) is 0 Å². The summed E-state index contributed by atoms with van der Waals surface area (Å²) in [5, 5.41) is 1.51. The van der Waals surface area contributed by atoms with E-state index in [1.807, 2.05) is 0 Å². The molecular weight excluding hydrogens is 404 g/mol. The molecule has 1 heterocycles.